The van der Waals surface area contributed by atoms with Crippen LogP contribution in [0.15, 0.2) is 0 Å². The molecule has 0 saturated carbocycles. The van der Waals surface area contributed by atoms with Crippen LogP contribution in [-0.2, 0) is 9.78 Å². The molecule has 0 aromatic heterocycles. The van der Waals surface area contributed by atoms with E-state index in [1.54, 1.807) is 0 Å². The minimum Gasteiger partial charge on any atom is -1.00 e. The number of hydrogen-bond donors (Lipinski definition) is 0. The van der Waals surface area contributed by atoms with E-state index in [-0.39, 0.29) is 59.4 Å². The van der Waals surface area contributed by atoms with Crippen LogP contribution in [0, 0.1) is 0 Å². The summed E-state index contributed by atoms with van der Waals surface area (Å²) in [6.45, 7) is 1.56. The van der Waals surface area contributed by atoms with E-state index >= 15 is 0 Å². The maximum Gasteiger partial charge on any atom is 3.00 e. The van der Waals surface area contributed by atoms with E-state index in [4.69, 9.17) is 0 Å². The van der Waals surface area contributed by atoms with Crippen molar-refractivity contribution in [1.29, 1.82) is 0 Å². The third kappa shape index (κ3) is 12.1. The summed E-state index contributed by atoms with van der Waals surface area (Å²) in [5.74, 6) is 0. The van der Waals surface area contributed by atoms with Gasteiger partial charge in [0.25, 0.3) is 0 Å². The second-order valence-electron chi connectivity index (χ2n) is 1.35. The van der Waals surface area contributed by atoms with Crippen molar-refractivity contribution < 1.29 is 60.7 Å². The Morgan fingerprint density at radius 3 is 1.10 bits per heavy atom. The Balaban J connectivity index is -0.0000000450. The molecule has 0 aromatic rings. The molecule has 0 bridgehead atoms. The molecule has 0 aliphatic carbocycles. The summed E-state index contributed by atoms with van der Waals surface area (Å²) in [6.07, 6.45) is 2.31. The van der Waals surface area contributed by atoms with Gasteiger partial charge in [0.1, 0.15) is 0 Å². The van der Waals surface area contributed by atoms with E-state index < -0.39 is 0 Å². The molecular formula is C4H8BBr3O2. The Bertz CT molecular complexity index is 34.0. The molecule has 0 radical (unpaired) electrons. The van der Waals surface area contributed by atoms with Crippen molar-refractivity contribution in [3.8, 4) is 0 Å². The van der Waals surface area contributed by atoms with Crippen LogP contribution in [0.25, 0.3) is 0 Å². The molecule has 0 amide bonds. The maximum atomic E-state index is 4.57. The van der Waals surface area contributed by atoms with E-state index in [0.29, 0.717) is 0 Å². The van der Waals surface area contributed by atoms with Crippen LogP contribution in [0.1, 0.15) is 12.8 Å². The average Bonchev–Trinajstić information content (AvgIpc) is 1.72. The van der Waals surface area contributed by atoms with Crippen LogP contribution >= 0.6 is 0 Å². The predicted octanol–water partition coefficient (Wildman–Crippen LogP) is -8.64. The Morgan fingerprint density at radius 2 is 1.00 bits per heavy atom. The van der Waals surface area contributed by atoms with Gasteiger partial charge in [0.2, 0.25) is 0 Å². The number of rotatable bonds is 0. The van der Waals surface area contributed by atoms with Gasteiger partial charge in [-0.2, -0.15) is 0 Å². The zero-order chi connectivity index (χ0) is 4.24. The third-order valence-electron chi connectivity index (χ3n) is 0.789. The summed E-state index contributed by atoms with van der Waals surface area (Å²) in [7, 11) is 0. The van der Waals surface area contributed by atoms with Gasteiger partial charge in [-0.05, 0) is 12.8 Å². The maximum absolute atomic E-state index is 4.57. The second kappa shape index (κ2) is 16.8. The molecule has 1 heterocycles. The molecule has 6 heteroatoms. The van der Waals surface area contributed by atoms with Crippen molar-refractivity contribution in [2.24, 2.45) is 0 Å². The molecule has 10 heavy (non-hydrogen) atoms. The zero-order valence-electron chi connectivity index (χ0n) is 5.36. The molecule has 0 atom stereocenters. The van der Waals surface area contributed by atoms with Crippen LogP contribution in [0.3, 0.4) is 0 Å². The van der Waals surface area contributed by atoms with Gasteiger partial charge in [-0.3, -0.25) is 0 Å². The Hall–Kier alpha value is 1.42. The second-order valence-corrected chi connectivity index (χ2v) is 1.35. The molecule has 1 aliphatic rings. The van der Waals surface area contributed by atoms with E-state index in [2.05, 4.69) is 9.78 Å². The van der Waals surface area contributed by atoms with E-state index in [0.717, 1.165) is 26.1 Å². The van der Waals surface area contributed by atoms with Gasteiger partial charge in [-0.15, -0.1) is 0 Å². The van der Waals surface area contributed by atoms with E-state index in [1.807, 2.05) is 0 Å². The Morgan fingerprint density at radius 1 is 0.700 bits per heavy atom. The standard InChI is InChI=1S/C4H8O2.B.3BrH/c1-2-4-6-5-3-1;;;;/h1-4H2;;3*1H/q;+3;;;/p-3. The smallest absolute Gasteiger partial charge is 1.00 e. The van der Waals surface area contributed by atoms with Gasteiger partial charge >= 0.3 is 8.41 Å². The van der Waals surface area contributed by atoms with Crippen molar-refractivity contribution in [2.75, 3.05) is 13.2 Å². The Kier molecular flexibility index (Phi) is 37.8. The summed E-state index contributed by atoms with van der Waals surface area (Å²) < 4.78 is 0. The molecule has 0 spiro atoms. The minimum absolute atomic E-state index is 0. The zero-order valence-corrected chi connectivity index (χ0v) is 10.1. The quantitative estimate of drug-likeness (QED) is 0.323. The summed E-state index contributed by atoms with van der Waals surface area (Å²) in [5, 5.41) is 0. The van der Waals surface area contributed by atoms with Crippen molar-refractivity contribution in [3.05, 3.63) is 0 Å². The normalized spacial score (nSPS) is 14.4. The first-order valence-electron chi connectivity index (χ1n) is 2.24. The van der Waals surface area contributed by atoms with Crippen LogP contribution in [0.5, 0.6) is 0 Å². The molecule has 60 valence electrons. The fourth-order valence-corrected chi connectivity index (χ4v) is 0.440. The molecule has 2 nitrogen and oxygen atoms in total. The fraction of sp³-hybridized carbons (Fsp3) is 1.00. The molecule has 1 fully saturated rings. The predicted molar refractivity (Wildman–Crippen MR) is 26.9 cm³/mol. The largest absolute Gasteiger partial charge is 3.00 e. The van der Waals surface area contributed by atoms with Crippen molar-refractivity contribution >= 4 is 8.41 Å². The fourth-order valence-electron chi connectivity index (χ4n) is 0.440. The SMILES string of the molecule is C1CCOOC1.[B+3].[Br-].[Br-].[Br-]. The Labute approximate surface area is 94.8 Å². The van der Waals surface area contributed by atoms with E-state index in [9.17, 15) is 0 Å². The minimum atomic E-state index is 0. The summed E-state index contributed by atoms with van der Waals surface area (Å²) in [4.78, 5) is 9.14. The van der Waals surface area contributed by atoms with Gasteiger partial charge in [-0.1, -0.05) is 0 Å². The van der Waals surface area contributed by atoms with Crippen molar-refractivity contribution in [1.82, 2.24) is 0 Å². The third-order valence-corrected chi connectivity index (χ3v) is 0.789. The number of halogens is 3. The van der Waals surface area contributed by atoms with Gasteiger partial charge in [0.05, 0.1) is 13.2 Å². The van der Waals surface area contributed by atoms with E-state index in [1.165, 1.54) is 0 Å². The van der Waals surface area contributed by atoms with Crippen LogP contribution in [0.2, 0.25) is 0 Å². The van der Waals surface area contributed by atoms with Gasteiger partial charge in [-0.25, -0.2) is 9.78 Å². The first kappa shape index (κ1) is 22.5. The van der Waals surface area contributed by atoms with Gasteiger partial charge < -0.3 is 50.9 Å². The molecule has 0 N–H and O–H groups in total. The summed E-state index contributed by atoms with van der Waals surface area (Å²) >= 11 is 0. The molecule has 0 aromatic carbocycles. The molecule has 0 unspecified atom stereocenters. The van der Waals surface area contributed by atoms with Gasteiger partial charge in [0.15, 0.2) is 0 Å². The summed E-state index contributed by atoms with van der Waals surface area (Å²) in [5.41, 5.74) is 0. The molecule has 1 aliphatic heterocycles. The monoisotopic (exact) mass is 336 g/mol. The first-order chi connectivity index (χ1) is 3.00. The number of hydrogen-bond acceptors (Lipinski definition) is 2. The molecular weight excluding hydrogens is 331 g/mol. The van der Waals surface area contributed by atoms with Crippen molar-refractivity contribution in [3.63, 3.8) is 0 Å². The topological polar surface area (TPSA) is 18.5 Å². The van der Waals surface area contributed by atoms with Crippen LogP contribution in [-0.4, -0.2) is 21.6 Å². The summed E-state index contributed by atoms with van der Waals surface area (Å²) in [6, 6.07) is 0. The van der Waals surface area contributed by atoms with Crippen LogP contribution in [0.4, 0.5) is 0 Å². The first-order valence-corrected chi connectivity index (χ1v) is 2.24. The van der Waals surface area contributed by atoms with Crippen LogP contribution < -0.4 is 50.9 Å². The molecule has 1 saturated heterocycles. The average molecular weight is 339 g/mol. The van der Waals surface area contributed by atoms with Gasteiger partial charge in [0, 0.05) is 0 Å². The van der Waals surface area contributed by atoms with Crippen molar-refractivity contribution in [2.45, 2.75) is 12.8 Å². The molecule has 1 rings (SSSR count).